The van der Waals surface area contributed by atoms with Crippen LogP contribution in [0.15, 0.2) is 0 Å². The predicted molar refractivity (Wildman–Crippen MR) is 54.1 cm³/mol. The van der Waals surface area contributed by atoms with Gasteiger partial charge < -0.3 is 4.74 Å². The molecular formula is C8H11IN2O. The highest BCUT2D eigenvalue weighted by Crippen LogP contribution is 2.19. The van der Waals surface area contributed by atoms with Crippen LogP contribution in [0, 0.1) is 3.70 Å². The fraction of sp³-hybridized carbons (Fsp3) is 0.625. The second-order valence-corrected chi connectivity index (χ2v) is 4.13. The lowest BCUT2D eigenvalue weighted by atomic mass is 10.1. The molecule has 1 aliphatic heterocycles. The Kier molecular flexibility index (Phi) is 2.36. The van der Waals surface area contributed by atoms with Gasteiger partial charge in [-0.05, 0) is 29.5 Å². The van der Waals surface area contributed by atoms with Gasteiger partial charge >= 0.3 is 0 Å². The Morgan fingerprint density at radius 3 is 3.33 bits per heavy atom. The summed E-state index contributed by atoms with van der Waals surface area (Å²) < 4.78 is 6.64. The zero-order valence-electron chi connectivity index (χ0n) is 6.93. The lowest BCUT2D eigenvalue weighted by Crippen LogP contribution is -2.09. The minimum absolute atomic E-state index is 0.322. The number of ether oxygens (including phenoxy) is 1. The number of aromatic amines is 1. The molecule has 0 aliphatic carbocycles. The molecule has 0 spiro atoms. The smallest absolute Gasteiger partial charge is 0.126 e. The van der Waals surface area contributed by atoms with Crippen molar-refractivity contribution in [3.63, 3.8) is 0 Å². The zero-order chi connectivity index (χ0) is 8.55. The van der Waals surface area contributed by atoms with Gasteiger partial charge in [-0.2, -0.15) is 5.10 Å². The molecule has 1 atom stereocenters. The van der Waals surface area contributed by atoms with Gasteiger partial charge in [0.15, 0.2) is 0 Å². The van der Waals surface area contributed by atoms with Crippen LogP contribution < -0.4 is 0 Å². The molecule has 0 amide bonds. The van der Waals surface area contributed by atoms with E-state index in [0.29, 0.717) is 6.10 Å². The molecule has 0 saturated heterocycles. The van der Waals surface area contributed by atoms with Crippen molar-refractivity contribution in [2.45, 2.75) is 25.9 Å². The first-order chi connectivity index (χ1) is 5.77. The maximum absolute atomic E-state index is 5.55. The van der Waals surface area contributed by atoms with Crippen LogP contribution in [-0.2, 0) is 17.6 Å². The Morgan fingerprint density at radius 1 is 1.67 bits per heavy atom. The highest BCUT2D eigenvalue weighted by atomic mass is 127. The van der Waals surface area contributed by atoms with Crippen molar-refractivity contribution in [1.82, 2.24) is 10.2 Å². The van der Waals surface area contributed by atoms with Gasteiger partial charge in [0.1, 0.15) is 3.70 Å². The third kappa shape index (κ3) is 1.50. The molecule has 1 unspecified atom stereocenters. The number of H-pyrrole nitrogens is 1. The predicted octanol–water partition coefficient (Wildman–Crippen LogP) is 1.52. The van der Waals surface area contributed by atoms with E-state index in [2.05, 4.69) is 39.7 Å². The van der Waals surface area contributed by atoms with Gasteiger partial charge in [-0.25, -0.2) is 0 Å². The summed E-state index contributed by atoms with van der Waals surface area (Å²) in [5.74, 6) is 0. The Bertz CT molecular complexity index is 285. The highest BCUT2D eigenvalue weighted by molar-refractivity contribution is 14.1. The van der Waals surface area contributed by atoms with Gasteiger partial charge in [-0.15, -0.1) is 0 Å². The summed E-state index contributed by atoms with van der Waals surface area (Å²) in [7, 11) is 0. The second-order valence-electron chi connectivity index (χ2n) is 3.11. The molecule has 1 N–H and O–H groups in total. The summed E-state index contributed by atoms with van der Waals surface area (Å²) >= 11 is 2.26. The number of halogens is 1. The molecule has 0 bridgehead atoms. The van der Waals surface area contributed by atoms with E-state index in [1.807, 2.05) is 0 Å². The number of fused-ring (bicyclic) bond motifs is 1. The first kappa shape index (κ1) is 8.50. The summed E-state index contributed by atoms with van der Waals surface area (Å²) in [5, 5.41) is 7.24. The Balaban J connectivity index is 2.32. The lowest BCUT2D eigenvalue weighted by Gasteiger charge is -2.06. The summed E-state index contributed by atoms with van der Waals surface area (Å²) in [6.45, 7) is 2.92. The average Bonchev–Trinajstić information content (AvgIpc) is 2.31. The number of nitrogens with zero attached hydrogens (tertiary/aromatic N) is 1. The minimum atomic E-state index is 0.322. The van der Waals surface area contributed by atoms with Crippen molar-refractivity contribution in [2.24, 2.45) is 0 Å². The summed E-state index contributed by atoms with van der Waals surface area (Å²) in [6, 6.07) is 0. The molecule has 1 aromatic heterocycles. The standard InChI is InChI=1S/C8H11IN2O/c1-5-4-7-6(2-3-12-5)8(9)11-10-7/h5H,2-4H2,1H3,(H,10,11). The quantitative estimate of drug-likeness (QED) is 0.731. The Hall–Kier alpha value is -0.100. The maximum Gasteiger partial charge on any atom is 0.126 e. The van der Waals surface area contributed by atoms with E-state index in [9.17, 15) is 0 Å². The van der Waals surface area contributed by atoms with Crippen molar-refractivity contribution < 1.29 is 4.74 Å². The van der Waals surface area contributed by atoms with Crippen molar-refractivity contribution in [2.75, 3.05) is 6.61 Å². The van der Waals surface area contributed by atoms with E-state index in [1.54, 1.807) is 0 Å². The number of hydrogen-bond donors (Lipinski definition) is 1. The number of nitrogens with one attached hydrogen (secondary N) is 1. The van der Waals surface area contributed by atoms with E-state index in [4.69, 9.17) is 4.74 Å². The number of hydrogen-bond acceptors (Lipinski definition) is 2. The van der Waals surface area contributed by atoms with Gasteiger partial charge in [0.25, 0.3) is 0 Å². The minimum Gasteiger partial charge on any atom is -0.378 e. The summed E-state index contributed by atoms with van der Waals surface area (Å²) in [5.41, 5.74) is 2.60. The fourth-order valence-electron chi connectivity index (χ4n) is 1.51. The van der Waals surface area contributed by atoms with Gasteiger partial charge in [0, 0.05) is 24.1 Å². The lowest BCUT2D eigenvalue weighted by molar-refractivity contribution is 0.0737. The normalized spacial score (nSPS) is 23.3. The van der Waals surface area contributed by atoms with Crippen molar-refractivity contribution in [3.8, 4) is 0 Å². The fourth-order valence-corrected chi connectivity index (χ4v) is 2.22. The molecule has 4 heteroatoms. The molecular weight excluding hydrogens is 267 g/mol. The summed E-state index contributed by atoms with van der Waals surface area (Å²) in [4.78, 5) is 0. The van der Waals surface area contributed by atoms with Gasteiger partial charge in [-0.3, -0.25) is 5.10 Å². The van der Waals surface area contributed by atoms with Crippen molar-refractivity contribution in [3.05, 3.63) is 15.0 Å². The molecule has 0 fully saturated rings. The van der Waals surface area contributed by atoms with E-state index < -0.39 is 0 Å². The van der Waals surface area contributed by atoms with Crippen LogP contribution in [0.1, 0.15) is 18.2 Å². The SMILES string of the molecule is CC1Cc2[nH]nc(I)c2CCO1. The average molecular weight is 278 g/mol. The van der Waals surface area contributed by atoms with E-state index in [1.165, 1.54) is 11.3 Å². The monoisotopic (exact) mass is 278 g/mol. The van der Waals surface area contributed by atoms with Crippen LogP contribution in [0.4, 0.5) is 0 Å². The number of rotatable bonds is 0. The molecule has 2 rings (SSSR count). The van der Waals surface area contributed by atoms with Crippen LogP contribution in [0.25, 0.3) is 0 Å². The first-order valence-electron chi connectivity index (χ1n) is 4.10. The zero-order valence-corrected chi connectivity index (χ0v) is 9.09. The molecule has 0 radical (unpaired) electrons. The topological polar surface area (TPSA) is 37.9 Å². The van der Waals surface area contributed by atoms with Crippen LogP contribution in [-0.4, -0.2) is 22.9 Å². The highest BCUT2D eigenvalue weighted by Gasteiger charge is 2.17. The largest absolute Gasteiger partial charge is 0.378 e. The first-order valence-corrected chi connectivity index (χ1v) is 5.18. The molecule has 1 aliphatic rings. The third-order valence-electron chi connectivity index (χ3n) is 2.15. The maximum atomic E-state index is 5.55. The van der Waals surface area contributed by atoms with Crippen molar-refractivity contribution >= 4 is 22.6 Å². The molecule has 0 aromatic carbocycles. The Labute approximate surface area is 85.0 Å². The van der Waals surface area contributed by atoms with Crippen LogP contribution in [0.5, 0.6) is 0 Å². The third-order valence-corrected chi connectivity index (χ3v) is 3.04. The van der Waals surface area contributed by atoms with E-state index >= 15 is 0 Å². The second kappa shape index (κ2) is 3.33. The van der Waals surface area contributed by atoms with Crippen LogP contribution in [0.2, 0.25) is 0 Å². The summed E-state index contributed by atoms with van der Waals surface area (Å²) in [6.07, 6.45) is 2.28. The van der Waals surface area contributed by atoms with Gasteiger partial charge in [0.05, 0.1) is 12.7 Å². The van der Waals surface area contributed by atoms with Crippen LogP contribution >= 0.6 is 22.6 Å². The molecule has 66 valence electrons. The van der Waals surface area contributed by atoms with Gasteiger partial charge in [-0.1, -0.05) is 0 Å². The molecule has 2 heterocycles. The van der Waals surface area contributed by atoms with Crippen molar-refractivity contribution in [1.29, 1.82) is 0 Å². The van der Waals surface area contributed by atoms with Crippen LogP contribution in [0.3, 0.4) is 0 Å². The molecule has 1 aromatic rings. The van der Waals surface area contributed by atoms with E-state index in [0.717, 1.165) is 23.1 Å². The van der Waals surface area contributed by atoms with E-state index in [-0.39, 0.29) is 0 Å². The van der Waals surface area contributed by atoms with Gasteiger partial charge in [0.2, 0.25) is 0 Å². The molecule has 3 nitrogen and oxygen atoms in total. The Morgan fingerprint density at radius 2 is 2.50 bits per heavy atom. The molecule has 12 heavy (non-hydrogen) atoms. The number of aromatic nitrogens is 2. The molecule has 0 saturated carbocycles.